The first-order chi connectivity index (χ1) is 9.69. The minimum atomic E-state index is 0.000876. The number of hydrogen-bond donors (Lipinski definition) is 2. The van der Waals surface area contributed by atoms with Crippen LogP contribution >= 0.6 is 11.3 Å². The van der Waals surface area contributed by atoms with Crippen molar-refractivity contribution < 1.29 is 9.32 Å². The maximum atomic E-state index is 11.6. The molecule has 0 aliphatic carbocycles. The van der Waals surface area contributed by atoms with Gasteiger partial charge in [0.15, 0.2) is 0 Å². The summed E-state index contributed by atoms with van der Waals surface area (Å²) in [4.78, 5) is 16.9. The molecule has 0 bridgehead atoms. The van der Waals surface area contributed by atoms with E-state index in [1.165, 1.54) is 0 Å². The van der Waals surface area contributed by atoms with Crippen LogP contribution in [0.15, 0.2) is 22.0 Å². The molecule has 2 aromatic heterocycles. The molecular formula is C13H18N4O2S. The third-order valence-corrected chi connectivity index (χ3v) is 3.63. The molecule has 2 aromatic rings. The number of nitrogens with zero attached hydrogens (tertiary/aromatic N) is 2. The number of amides is 1. The van der Waals surface area contributed by atoms with Crippen LogP contribution in [0.3, 0.4) is 0 Å². The fraction of sp³-hybridized carbons (Fsp3) is 0.462. The van der Waals surface area contributed by atoms with Crippen LogP contribution in [0.25, 0.3) is 10.7 Å². The molecule has 0 aliphatic rings. The Bertz CT molecular complexity index is 538. The number of nitrogens with one attached hydrogen (secondary N) is 1. The van der Waals surface area contributed by atoms with E-state index < -0.39 is 0 Å². The van der Waals surface area contributed by atoms with Gasteiger partial charge in [-0.25, -0.2) is 0 Å². The highest BCUT2D eigenvalue weighted by molar-refractivity contribution is 7.13. The van der Waals surface area contributed by atoms with Gasteiger partial charge in [-0.2, -0.15) is 4.98 Å². The van der Waals surface area contributed by atoms with Gasteiger partial charge in [-0.3, -0.25) is 4.79 Å². The second kappa shape index (κ2) is 7.16. The van der Waals surface area contributed by atoms with Gasteiger partial charge in [0.2, 0.25) is 17.6 Å². The van der Waals surface area contributed by atoms with Crippen molar-refractivity contribution in [1.29, 1.82) is 0 Å². The largest absolute Gasteiger partial charge is 0.352 e. The smallest absolute Gasteiger partial charge is 0.226 e. The van der Waals surface area contributed by atoms with Gasteiger partial charge in [0.25, 0.3) is 0 Å². The molecule has 6 nitrogen and oxygen atoms in total. The highest BCUT2D eigenvalue weighted by Crippen LogP contribution is 2.21. The maximum absolute atomic E-state index is 11.6. The normalized spacial score (nSPS) is 12.3. The molecule has 2 heterocycles. The molecule has 3 N–H and O–H groups in total. The lowest BCUT2D eigenvalue weighted by molar-refractivity contribution is -0.121. The molecule has 0 aromatic carbocycles. The highest BCUT2D eigenvalue weighted by Gasteiger charge is 2.10. The fourth-order valence-electron chi connectivity index (χ4n) is 1.67. The standard InChI is InChI=1S/C13H18N4O2S/c1-9(8-14)15-11(18)5-2-6-12-16-13(17-19-12)10-4-3-7-20-10/h3-4,7,9H,2,5-6,8,14H2,1H3,(H,15,18)/t9-/m0/s1. The van der Waals surface area contributed by atoms with Crippen molar-refractivity contribution in [1.82, 2.24) is 15.5 Å². The molecule has 7 heteroatoms. The lowest BCUT2D eigenvalue weighted by Gasteiger charge is -2.10. The number of nitrogens with two attached hydrogens (primary N) is 1. The number of rotatable bonds is 7. The number of aromatic nitrogens is 2. The topological polar surface area (TPSA) is 94.0 Å². The molecule has 1 atom stereocenters. The number of carbonyl (C=O) groups is 1. The van der Waals surface area contributed by atoms with E-state index in [4.69, 9.17) is 10.3 Å². The Kier molecular flexibility index (Phi) is 5.25. The van der Waals surface area contributed by atoms with Crippen LogP contribution < -0.4 is 11.1 Å². The van der Waals surface area contributed by atoms with Crippen molar-refractivity contribution in [3.8, 4) is 10.7 Å². The van der Waals surface area contributed by atoms with Gasteiger partial charge in [0.05, 0.1) is 4.88 Å². The van der Waals surface area contributed by atoms with E-state index in [9.17, 15) is 4.79 Å². The summed E-state index contributed by atoms with van der Waals surface area (Å²) in [6.45, 7) is 2.32. The van der Waals surface area contributed by atoms with Crippen molar-refractivity contribution in [3.05, 3.63) is 23.4 Å². The SMILES string of the molecule is C[C@@H](CN)NC(=O)CCCc1nc(-c2cccs2)no1. The van der Waals surface area contributed by atoms with Crippen molar-refractivity contribution in [2.24, 2.45) is 5.73 Å². The predicted octanol–water partition coefficient (Wildman–Crippen LogP) is 1.58. The molecule has 0 radical (unpaired) electrons. The molecule has 0 unspecified atom stereocenters. The zero-order chi connectivity index (χ0) is 14.4. The summed E-state index contributed by atoms with van der Waals surface area (Å²) >= 11 is 1.57. The van der Waals surface area contributed by atoms with Gasteiger partial charge in [-0.05, 0) is 24.8 Å². The van der Waals surface area contributed by atoms with Crippen molar-refractivity contribution in [2.75, 3.05) is 6.54 Å². The Morgan fingerprint density at radius 2 is 2.45 bits per heavy atom. The molecule has 108 valence electrons. The second-order valence-electron chi connectivity index (χ2n) is 4.55. The van der Waals surface area contributed by atoms with E-state index in [0.717, 1.165) is 4.88 Å². The van der Waals surface area contributed by atoms with Gasteiger partial charge in [0, 0.05) is 25.4 Å². The number of hydrogen-bond acceptors (Lipinski definition) is 6. The Morgan fingerprint density at radius 1 is 1.60 bits per heavy atom. The molecular weight excluding hydrogens is 276 g/mol. The molecule has 0 fully saturated rings. The summed E-state index contributed by atoms with van der Waals surface area (Å²) in [6.07, 6.45) is 1.71. The van der Waals surface area contributed by atoms with Crippen molar-refractivity contribution >= 4 is 17.2 Å². The van der Waals surface area contributed by atoms with Gasteiger partial charge < -0.3 is 15.6 Å². The average molecular weight is 294 g/mol. The highest BCUT2D eigenvalue weighted by atomic mass is 32.1. The Morgan fingerprint density at radius 3 is 3.15 bits per heavy atom. The third-order valence-electron chi connectivity index (χ3n) is 2.77. The van der Waals surface area contributed by atoms with Gasteiger partial charge >= 0.3 is 0 Å². The molecule has 20 heavy (non-hydrogen) atoms. The first kappa shape index (κ1) is 14.7. The number of aryl methyl sites for hydroxylation is 1. The molecule has 2 rings (SSSR count). The van der Waals surface area contributed by atoms with Crippen LogP contribution in [-0.4, -0.2) is 28.6 Å². The number of thiophene rings is 1. The van der Waals surface area contributed by atoms with Crippen LogP contribution in [0.4, 0.5) is 0 Å². The molecule has 0 aliphatic heterocycles. The predicted molar refractivity (Wildman–Crippen MR) is 77.2 cm³/mol. The first-order valence-corrected chi connectivity index (χ1v) is 7.43. The minimum Gasteiger partial charge on any atom is -0.352 e. The van der Waals surface area contributed by atoms with Crippen molar-refractivity contribution in [3.63, 3.8) is 0 Å². The second-order valence-corrected chi connectivity index (χ2v) is 5.49. The molecule has 0 saturated heterocycles. The van der Waals surface area contributed by atoms with E-state index in [0.29, 0.717) is 37.5 Å². The quantitative estimate of drug-likeness (QED) is 0.808. The van der Waals surface area contributed by atoms with E-state index >= 15 is 0 Å². The fourth-order valence-corrected chi connectivity index (χ4v) is 2.32. The van der Waals surface area contributed by atoms with E-state index in [-0.39, 0.29) is 11.9 Å². The molecule has 1 amide bonds. The zero-order valence-corrected chi connectivity index (χ0v) is 12.2. The van der Waals surface area contributed by atoms with E-state index in [1.54, 1.807) is 11.3 Å². The molecule has 0 spiro atoms. The maximum Gasteiger partial charge on any atom is 0.226 e. The summed E-state index contributed by atoms with van der Waals surface area (Å²) in [5.74, 6) is 1.17. The zero-order valence-electron chi connectivity index (χ0n) is 11.3. The van der Waals surface area contributed by atoms with Crippen LogP contribution in [0.2, 0.25) is 0 Å². The van der Waals surface area contributed by atoms with Crippen LogP contribution in [0.1, 0.15) is 25.7 Å². The summed E-state index contributed by atoms with van der Waals surface area (Å²) in [5, 5.41) is 8.71. The van der Waals surface area contributed by atoms with Gasteiger partial charge in [-0.1, -0.05) is 11.2 Å². The Labute approximate surface area is 121 Å². The molecule has 0 saturated carbocycles. The lowest BCUT2D eigenvalue weighted by atomic mass is 10.2. The Balaban J connectivity index is 1.76. The van der Waals surface area contributed by atoms with Gasteiger partial charge in [-0.15, -0.1) is 11.3 Å². The van der Waals surface area contributed by atoms with E-state index in [2.05, 4.69) is 15.5 Å². The van der Waals surface area contributed by atoms with Crippen LogP contribution in [-0.2, 0) is 11.2 Å². The third kappa shape index (κ3) is 4.14. The van der Waals surface area contributed by atoms with Crippen LogP contribution in [0, 0.1) is 0 Å². The van der Waals surface area contributed by atoms with Gasteiger partial charge in [0.1, 0.15) is 0 Å². The average Bonchev–Trinajstić information content (AvgIpc) is 3.08. The summed E-state index contributed by atoms with van der Waals surface area (Å²) in [7, 11) is 0. The van der Waals surface area contributed by atoms with Crippen LogP contribution in [0.5, 0.6) is 0 Å². The monoisotopic (exact) mass is 294 g/mol. The Hall–Kier alpha value is -1.73. The van der Waals surface area contributed by atoms with Crippen molar-refractivity contribution in [2.45, 2.75) is 32.2 Å². The van der Waals surface area contributed by atoms with E-state index in [1.807, 2.05) is 24.4 Å². The minimum absolute atomic E-state index is 0.000876. The summed E-state index contributed by atoms with van der Waals surface area (Å²) in [6, 6.07) is 3.90. The number of carbonyl (C=O) groups excluding carboxylic acids is 1. The summed E-state index contributed by atoms with van der Waals surface area (Å²) < 4.78 is 5.17. The first-order valence-electron chi connectivity index (χ1n) is 6.55. The summed E-state index contributed by atoms with van der Waals surface area (Å²) in [5.41, 5.74) is 5.44. The lowest BCUT2D eigenvalue weighted by Crippen LogP contribution is -2.37.